The summed E-state index contributed by atoms with van der Waals surface area (Å²) in [6.07, 6.45) is 3.46. The van der Waals surface area contributed by atoms with Gasteiger partial charge in [-0.2, -0.15) is 0 Å². The summed E-state index contributed by atoms with van der Waals surface area (Å²) in [5.74, 6) is 1.10. The number of nitrogens with zero attached hydrogens (tertiary/aromatic N) is 1. The van der Waals surface area contributed by atoms with Crippen molar-refractivity contribution in [2.75, 3.05) is 26.2 Å². The van der Waals surface area contributed by atoms with E-state index in [1.54, 1.807) is 0 Å². The van der Waals surface area contributed by atoms with Crippen molar-refractivity contribution >= 4 is 5.96 Å². The molecule has 0 radical (unpaired) electrons. The smallest absolute Gasteiger partial charge is 0.345 e. The van der Waals surface area contributed by atoms with Gasteiger partial charge in [0.05, 0.1) is 26.2 Å². The van der Waals surface area contributed by atoms with Crippen molar-refractivity contribution in [2.45, 2.75) is 32.1 Å². The van der Waals surface area contributed by atoms with Gasteiger partial charge in [-0.3, -0.25) is 15.2 Å². The zero-order chi connectivity index (χ0) is 19.8. The molecule has 4 rings (SSSR count). The molecule has 2 aromatic rings. The number of nitrogens with one attached hydrogen (secondary N) is 2. The molecule has 2 aliphatic rings. The second-order valence-electron chi connectivity index (χ2n) is 7.49. The van der Waals surface area contributed by atoms with Gasteiger partial charge in [-0.25, -0.2) is 0 Å². The minimum absolute atomic E-state index is 0.0353. The first-order chi connectivity index (χ1) is 13.6. The predicted molar refractivity (Wildman–Crippen MR) is 113 cm³/mol. The van der Waals surface area contributed by atoms with Gasteiger partial charge in [0.25, 0.3) is 0 Å². The Kier molecular flexibility index (Phi) is 7.12. The molecule has 1 atom stereocenters. The molecule has 1 unspecified atom stereocenters. The predicted octanol–water partition coefficient (Wildman–Crippen LogP) is 2.60. The van der Waals surface area contributed by atoms with Crippen LogP contribution in [-0.4, -0.2) is 36.7 Å². The lowest BCUT2D eigenvalue weighted by molar-refractivity contribution is -0.539. The van der Waals surface area contributed by atoms with Gasteiger partial charge in [-0.15, -0.1) is 12.3 Å². The molecule has 0 spiro atoms. The Morgan fingerprint density at radius 2 is 1.64 bits per heavy atom. The highest BCUT2D eigenvalue weighted by Crippen LogP contribution is 2.21. The SMILES string of the molecule is C1CNC2=[N+](C1)CCCN2.C=C([O-])C(C)c1cccc(Cc2ccccc2)c1. The second kappa shape index (κ2) is 9.98. The van der Waals surface area contributed by atoms with Gasteiger partial charge in [0.2, 0.25) is 0 Å². The van der Waals surface area contributed by atoms with Gasteiger partial charge in [0.1, 0.15) is 0 Å². The average molecular weight is 378 g/mol. The standard InChI is InChI=1S/C17H18O.C7H13N3/c1-13(14(2)18)17-10-6-9-16(12-17)11-15-7-4-3-5-8-15;1-3-8-7-9-4-2-6-10(7)5-1/h3-10,12-13,18H,2,11H2,1H3;1-6H2,(H,8,9). The first kappa shape index (κ1) is 20.0. The van der Waals surface area contributed by atoms with Crippen molar-refractivity contribution in [1.82, 2.24) is 10.6 Å². The number of benzene rings is 2. The van der Waals surface area contributed by atoms with Crippen molar-refractivity contribution in [3.8, 4) is 0 Å². The van der Waals surface area contributed by atoms with Crippen molar-refractivity contribution < 1.29 is 9.68 Å². The largest absolute Gasteiger partial charge is 0.875 e. The fraction of sp³-hybridized carbons (Fsp3) is 0.375. The van der Waals surface area contributed by atoms with Crippen molar-refractivity contribution in [3.63, 3.8) is 0 Å². The van der Waals surface area contributed by atoms with Crippen LogP contribution in [-0.2, 0) is 6.42 Å². The van der Waals surface area contributed by atoms with E-state index >= 15 is 0 Å². The van der Waals surface area contributed by atoms with E-state index in [4.69, 9.17) is 0 Å². The Bertz CT molecular complexity index is 780. The van der Waals surface area contributed by atoms with Crippen molar-refractivity contribution in [3.05, 3.63) is 83.6 Å². The average Bonchev–Trinajstić information content (AvgIpc) is 2.74. The van der Waals surface area contributed by atoms with Gasteiger partial charge in [0.15, 0.2) is 0 Å². The summed E-state index contributed by atoms with van der Waals surface area (Å²) < 4.78 is 2.40. The lowest BCUT2D eigenvalue weighted by Gasteiger charge is -2.22. The Morgan fingerprint density at radius 1 is 1.00 bits per heavy atom. The Labute approximate surface area is 168 Å². The van der Waals surface area contributed by atoms with E-state index in [2.05, 4.69) is 46.1 Å². The summed E-state index contributed by atoms with van der Waals surface area (Å²) >= 11 is 0. The molecule has 0 saturated carbocycles. The number of hydrogen-bond donors (Lipinski definition) is 2. The minimum atomic E-state index is -0.124. The summed E-state index contributed by atoms with van der Waals surface area (Å²) in [5, 5.41) is 18.0. The monoisotopic (exact) mass is 377 g/mol. The van der Waals surface area contributed by atoms with E-state index in [0.717, 1.165) is 25.1 Å². The maximum absolute atomic E-state index is 11.3. The molecular formula is C24H31N3O. The maximum atomic E-state index is 11.3. The Balaban J connectivity index is 0.000000188. The van der Waals surface area contributed by atoms with E-state index < -0.39 is 0 Å². The third-order valence-corrected chi connectivity index (χ3v) is 5.30. The van der Waals surface area contributed by atoms with E-state index in [0.29, 0.717) is 0 Å². The fourth-order valence-corrected chi connectivity index (χ4v) is 3.56. The fourth-order valence-electron chi connectivity index (χ4n) is 3.56. The van der Waals surface area contributed by atoms with Crippen molar-refractivity contribution in [1.29, 1.82) is 0 Å². The molecule has 0 aliphatic carbocycles. The quantitative estimate of drug-likeness (QED) is 0.636. The maximum Gasteiger partial charge on any atom is 0.345 e. The lowest BCUT2D eigenvalue weighted by atomic mass is 9.95. The summed E-state index contributed by atoms with van der Waals surface area (Å²) in [6.45, 7) is 10.1. The lowest BCUT2D eigenvalue weighted by Crippen LogP contribution is -2.52. The zero-order valence-electron chi connectivity index (χ0n) is 16.8. The normalized spacial score (nSPS) is 16.6. The first-order valence-corrected chi connectivity index (χ1v) is 10.2. The number of rotatable bonds is 4. The van der Waals surface area contributed by atoms with E-state index in [9.17, 15) is 5.11 Å². The van der Waals surface area contributed by atoms with Gasteiger partial charge >= 0.3 is 5.96 Å². The van der Waals surface area contributed by atoms with Crippen LogP contribution in [0.4, 0.5) is 0 Å². The highest BCUT2D eigenvalue weighted by Gasteiger charge is 2.19. The zero-order valence-corrected chi connectivity index (χ0v) is 16.8. The number of hydrogen-bond acceptors (Lipinski definition) is 3. The van der Waals surface area contributed by atoms with Gasteiger partial charge in [0, 0.05) is 12.8 Å². The molecule has 0 amide bonds. The molecule has 28 heavy (non-hydrogen) atoms. The molecule has 4 nitrogen and oxygen atoms in total. The van der Waals surface area contributed by atoms with Crippen LogP contribution in [0.3, 0.4) is 0 Å². The van der Waals surface area contributed by atoms with Gasteiger partial charge in [-0.05, 0) is 29.0 Å². The third kappa shape index (κ3) is 5.62. The summed E-state index contributed by atoms with van der Waals surface area (Å²) in [5.41, 5.74) is 3.55. The summed E-state index contributed by atoms with van der Waals surface area (Å²) in [4.78, 5) is 0. The van der Waals surface area contributed by atoms with Gasteiger partial charge in [-0.1, -0.05) is 61.5 Å². The van der Waals surface area contributed by atoms with Gasteiger partial charge < -0.3 is 5.11 Å². The van der Waals surface area contributed by atoms with Crippen LogP contribution in [0.1, 0.15) is 42.4 Å². The number of guanidine groups is 1. The summed E-state index contributed by atoms with van der Waals surface area (Å²) in [6, 6.07) is 18.5. The second-order valence-corrected chi connectivity index (χ2v) is 7.49. The van der Waals surface area contributed by atoms with Crippen LogP contribution >= 0.6 is 0 Å². The molecule has 0 bridgehead atoms. The van der Waals surface area contributed by atoms with E-state index in [1.165, 1.54) is 43.0 Å². The van der Waals surface area contributed by atoms with Crippen molar-refractivity contribution in [2.24, 2.45) is 0 Å². The minimum Gasteiger partial charge on any atom is -0.875 e. The molecule has 2 N–H and O–H groups in total. The Morgan fingerprint density at radius 3 is 2.25 bits per heavy atom. The van der Waals surface area contributed by atoms with Crippen LogP contribution in [0.25, 0.3) is 0 Å². The molecule has 0 fully saturated rings. The van der Waals surface area contributed by atoms with E-state index in [-0.39, 0.29) is 11.7 Å². The molecule has 2 aromatic carbocycles. The molecule has 2 heterocycles. The topological polar surface area (TPSA) is 50.1 Å². The van der Waals surface area contributed by atoms with Crippen LogP contribution < -0.4 is 15.7 Å². The van der Waals surface area contributed by atoms with Crippen LogP contribution in [0, 0.1) is 0 Å². The summed E-state index contributed by atoms with van der Waals surface area (Å²) in [7, 11) is 0. The van der Waals surface area contributed by atoms with Crippen LogP contribution in [0.2, 0.25) is 0 Å². The van der Waals surface area contributed by atoms with Crippen LogP contribution in [0.5, 0.6) is 0 Å². The number of allylic oxidation sites excluding steroid dienone is 1. The first-order valence-electron chi connectivity index (χ1n) is 10.2. The Hall–Kier alpha value is -2.75. The highest BCUT2D eigenvalue weighted by molar-refractivity contribution is 5.75. The molecule has 0 saturated heterocycles. The highest BCUT2D eigenvalue weighted by atomic mass is 16.3. The molecule has 2 aliphatic heterocycles. The van der Waals surface area contributed by atoms with Crippen LogP contribution in [0.15, 0.2) is 66.9 Å². The molecule has 148 valence electrons. The molecule has 4 heteroatoms. The molecular weight excluding hydrogens is 346 g/mol. The molecule has 0 aromatic heterocycles. The van der Waals surface area contributed by atoms with E-state index in [1.807, 2.05) is 37.3 Å². The third-order valence-electron chi connectivity index (χ3n) is 5.30.